The van der Waals surface area contributed by atoms with Crippen molar-refractivity contribution >= 4 is 17.7 Å². The second-order valence-electron chi connectivity index (χ2n) is 8.28. The van der Waals surface area contributed by atoms with Crippen molar-refractivity contribution in [2.24, 2.45) is 0 Å². The Morgan fingerprint density at radius 3 is 2.50 bits per heavy atom. The van der Waals surface area contributed by atoms with Gasteiger partial charge in [-0.3, -0.25) is 14.3 Å². The molecule has 180 valence electrons. The number of hydrogen-bond donors (Lipinski definition) is 1. The van der Waals surface area contributed by atoms with Crippen LogP contribution in [-0.2, 0) is 11.3 Å². The van der Waals surface area contributed by atoms with Crippen LogP contribution in [0.5, 0.6) is 5.75 Å². The lowest BCUT2D eigenvalue weighted by Crippen LogP contribution is -2.46. The minimum absolute atomic E-state index is 0.0157. The van der Waals surface area contributed by atoms with E-state index in [1.165, 1.54) is 17.3 Å². The number of piperazine rings is 1. The number of methoxy groups -OCH3 is 1. The highest BCUT2D eigenvalue weighted by Crippen LogP contribution is 2.21. The first-order chi connectivity index (χ1) is 16.7. The molecule has 9 heteroatoms. The van der Waals surface area contributed by atoms with Crippen LogP contribution in [0.2, 0.25) is 0 Å². The van der Waals surface area contributed by atoms with E-state index in [4.69, 9.17) is 4.74 Å². The van der Waals surface area contributed by atoms with E-state index in [0.29, 0.717) is 17.5 Å². The smallest absolute Gasteiger partial charge is 0.230 e. The molecule has 1 saturated heterocycles. The van der Waals surface area contributed by atoms with Crippen LogP contribution >= 0.6 is 11.8 Å². The molecule has 4 rings (SSSR count). The Balaban J connectivity index is 1.11. The molecule has 0 aliphatic carbocycles. The molecule has 2 aromatic carbocycles. The van der Waals surface area contributed by atoms with Crippen LogP contribution in [0.25, 0.3) is 5.69 Å². The van der Waals surface area contributed by atoms with Gasteiger partial charge in [-0.05, 0) is 42.8 Å². The largest absolute Gasteiger partial charge is 0.497 e. The Morgan fingerprint density at radius 1 is 1.03 bits per heavy atom. The van der Waals surface area contributed by atoms with Gasteiger partial charge in [-0.15, -0.1) is 10.2 Å². The number of thioether (sulfide) groups is 1. The van der Waals surface area contributed by atoms with Gasteiger partial charge >= 0.3 is 0 Å². The third-order valence-electron chi connectivity index (χ3n) is 5.89. The molecule has 1 N–H and O–H groups in total. The molecule has 1 fully saturated rings. The van der Waals surface area contributed by atoms with Crippen molar-refractivity contribution in [1.82, 2.24) is 29.9 Å². The van der Waals surface area contributed by atoms with E-state index in [1.54, 1.807) is 13.4 Å². The average molecular weight is 481 g/mol. The number of aromatic nitrogens is 3. The van der Waals surface area contributed by atoms with Crippen LogP contribution in [0.1, 0.15) is 12.0 Å². The average Bonchev–Trinajstić information content (AvgIpc) is 3.36. The van der Waals surface area contributed by atoms with Gasteiger partial charge in [-0.2, -0.15) is 0 Å². The van der Waals surface area contributed by atoms with Crippen LogP contribution in [0, 0.1) is 0 Å². The van der Waals surface area contributed by atoms with Crippen LogP contribution in [-0.4, -0.2) is 82.6 Å². The molecule has 1 aliphatic heterocycles. The molecule has 34 heavy (non-hydrogen) atoms. The van der Waals surface area contributed by atoms with Gasteiger partial charge in [0, 0.05) is 45.0 Å². The fraction of sp³-hybridized carbons (Fsp3) is 0.400. The molecule has 0 unspecified atom stereocenters. The molecule has 1 aliphatic rings. The van der Waals surface area contributed by atoms with Crippen molar-refractivity contribution in [3.8, 4) is 11.4 Å². The zero-order valence-electron chi connectivity index (χ0n) is 19.6. The van der Waals surface area contributed by atoms with Crippen molar-refractivity contribution in [2.75, 3.05) is 52.1 Å². The van der Waals surface area contributed by atoms with Gasteiger partial charge in [0.2, 0.25) is 5.91 Å². The predicted octanol–water partition coefficient (Wildman–Crippen LogP) is 2.69. The quantitative estimate of drug-likeness (QED) is 0.334. The monoisotopic (exact) mass is 480 g/mol. The highest BCUT2D eigenvalue weighted by molar-refractivity contribution is 7.99. The van der Waals surface area contributed by atoms with Gasteiger partial charge in [0.05, 0.1) is 12.9 Å². The summed E-state index contributed by atoms with van der Waals surface area (Å²) in [6, 6.07) is 18.3. The van der Waals surface area contributed by atoms with Crippen molar-refractivity contribution < 1.29 is 9.53 Å². The van der Waals surface area contributed by atoms with Gasteiger partial charge in [0.15, 0.2) is 5.16 Å². The van der Waals surface area contributed by atoms with E-state index < -0.39 is 0 Å². The van der Waals surface area contributed by atoms with Gasteiger partial charge in [0.25, 0.3) is 0 Å². The molecule has 0 bridgehead atoms. The molecule has 1 aromatic heterocycles. The molecular weight excluding hydrogens is 448 g/mol. The van der Waals surface area contributed by atoms with E-state index in [9.17, 15) is 4.79 Å². The highest BCUT2D eigenvalue weighted by atomic mass is 32.2. The molecule has 0 saturated carbocycles. The second-order valence-corrected chi connectivity index (χ2v) is 9.22. The SMILES string of the molecule is COc1ccc(-n2cnnc2SCC(=O)NCCCN2CCN(Cc3ccccc3)CC2)cc1. The maximum absolute atomic E-state index is 12.3. The molecule has 0 spiro atoms. The summed E-state index contributed by atoms with van der Waals surface area (Å²) in [6.07, 6.45) is 2.61. The Labute approximate surface area is 205 Å². The van der Waals surface area contributed by atoms with E-state index in [2.05, 4.69) is 55.6 Å². The van der Waals surface area contributed by atoms with Crippen molar-refractivity contribution in [3.05, 3.63) is 66.5 Å². The molecule has 8 nitrogen and oxygen atoms in total. The maximum atomic E-state index is 12.3. The molecule has 2 heterocycles. The second kappa shape index (κ2) is 12.5. The fourth-order valence-electron chi connectivity index (χ4n) is 3.97. The summed E-state index contributed by atoms with van der Waals surface area (Å²) in [6.45, 7) is 7.07. The van der Waals surface area contributed by atoms with Crippen molar-refractivity contribution in [2.45, 2.75) is 18.1 Å². The number of ether oxygens (including phenoxy) is 1. The zero-order valence-corrected chi connectivity index (χ0v) is 20.4. The van der Waals surface area contributed by atoms with Gasteiger partial charge < -0.3 is 15.0 Å². The predicted molar refractivity (Wildman–Crippen MR) is 134 cm³/mol. The third kappa shape index (κ3) is 7.06. The first-order valence-corrected chi connectivity index (χ1v) is 12.6. The topological polar surface area (TPSA) is 75.5 Å². The number of amides is 1. The van der Waals surface area contributed by atoms with Crippen LogP contribution in [0.3, 0.4) is 0 Å². The Hall–Kier alpha value is -2.88. The lowest BCUT2D eigenvalue weighted by atomic mass is 10.2. The lowest BCUT2D eigenvalue weighted by molar-refractivity contribution is -0.118. The highest BCUT2D eigenvalue weighted by Gasteiger charge is 2.16. The van der Waals surface area contributed by atoms with Gasteiger partial charge in [-0.1, -0.05) is 42.1 Å². The number of benzene rings is 2. The summed E-state index contributed by atoms with van der Waals surface area (Å²) in [5.74, 6) is 1.12. The van der Waals surface area contributed by atoms with Gasteiger partial charge in [-0.25, -0.2) is 0 Å². The number of nitrogens with one attached hydrogen (secondary N) is 1. The van der Waals surface area contributed by atoms with Crippen LogP contribution in [0.4, 0.5) is 0 Å². The molecule has 0 radical (unpaired) electrons. The molecule has 1 amide bonds. The fourth-order valence-corrected chi connectivity index (χ4v) is 4.73. The number of rotatable bonds is 11. The standard InChI is InChI=1S/C25H32N6O2S/c1-33-23-10-8-22(9-11-23)31-20-27-28-25(31)34-19-24(32)26-12-5-13-29-14-16-30(17-15-29)18-21-6-3-2-4-7-21/h2-4,6-11,20H,5,12-19H2,1H3,(H,26,32). The lowest BCUT2D eigenvalue weighted by Gasteiger charge is -2.34. The van der Waals surface area contributed by atoms with Gasteiger partial charge in [0.1, 0.15) is 12.1 Å². The summed E-state index contributed by atoms with van der Waals surface area (Å²) in [7, 11) is 1.64. The summed E-state index contributed by atoms with van der Waals surface area (Å²) >= 11 is 1.38. The Morgan fingerprint density at radius 2 is 1.76 bits per heavy atom. The summed E-state index contributed by atoms with van der Waals surface area (Å²) in [5.41, 5.74) is 2.30. The maximum Gasteiger partial charge on any atom is 0.230 e. The minimum Gasteiger partial charge on any atom is -0.497 e. The first kappa shape index (κ1) is 24.3. The zero-order chi connectivity index (χ0) is 23.6. The number of nitrogens with zero attached hydrogens (tertiary/aromatic N) is 5. The third-order valence-corrected chi connectivity index (χ3v) is 6.83. The Kier molecular flexibility index (Phi) is 8.95. The molecule has 3 aromatic rings. The van der Waals surface area contributed by atoms with Crippen LogP contribution < -0.4 is 10.1 Å². The number of carbonyl (C=O) groups excluding carboxylic acids is 1. The summed E-state index contributed by atoms with van der Waals surface area (Å²) < 4.78 is 7.07. The van der Waals surface area contributed by atoms with E-state index >= 15 is 0 Å². The normalized spacial score (nSPS) is 14.7. The molecule has 0 atom stereocenters. The van der Waals surface area contributed by atoms with E-state index in [-0.39, 0.29) is 5.91 Å². The van der Waals surface area contributed by atoms with Crippen molar-refractivity contribution in [1.29, 1.82) is 0 Å². The van der Waals surface area contributed by atoms with E-state index in [0.717, 1.165) is 57.1 Å². The summed E-state index contributed by atoms with van der Waals surface area (Å²) in [5, 5.41) is 11.9. The Bertz CT molecular complexity index is 1020. The minimum atomic E-state index is 0.0157. The van der Waals surface area contributed by atoms with E-state index in [1.807, 2.05) is 28.8 Å². The molecular formula is C25H32N6O2S. The van der Waals surface area contributed by atoms with Crippen molar-refractivity contribution in [3.63, 3.8) is 0 Å². The van der Waals surface area contributed by atoms with Crippen LogP contribution in [0.15, 0.2) is 66.1 Å². The number of carbonyl (C=O) groups is 1. The number of hydrogen-bond acceptors (Lipinski definition) is 7. The first-order valence-electron chi connectivity index (χ1n) is 11.6. The summed E-state index contributed by atoms with van der Waals surface area (Å²) in [4.78, 5) is 17.3.